The van der Waals surface area contributed by atoms with Crippen LogP contribution in [0.15, 0.2) is 46.9 Å². The molecule has 0 atom stereocenters. The zero-order valence-corrected chi connectivity index (χ0v) is 21.1. The van der Waals surface area contributed by atoms with Crippen molar-refractivity contribution in [1.82, 2.24) is 15.9 Å². The second-order valence-corrected chi connectivity index (χ2v) is 10.8. The number of rotatable bonds is 6. The minimum Gasteiger partial charge on any atom is -0.506 e. The van der Waals surface area contributed by atoms with Crippen molar-refractivity contribution >= 4 is 40.2 Å². The molecule has 2 heterocycles. The van der Waals surface area contributed by atoms with E-state index in [0.29, 0.717) is 21.0 Å². The molecule has 3 rings (SSSR count). The SMILES string of the molecule is CC(=NNC(=O)c1ccc(C(=O)NN(C)C)s1)c1csc(-c2ccc(C(C)(C)C)cc2)c1O. The van der Waals surface area contributed by atoms with Crippen molar-refractivity contribution in [3.63, 3.8) is 0 Å². The molecule has 3 aromatic rings. The number of hydrazone groups is 1. The molecular weight excluding hydrogens is 456 g/mol. The van der Waals surface area contributed by atoms with Gasteiger partial charge in [0.25, 0.3) is 11.8 Å². The molecule has 2 aromatic heterocycles. The molecule has 33 heavy (non-hydrogen) atoms. The second kappa shape index (κ2) is 9.86. The fourth-order valence-corrected chi connectivity index (χ4v) is 4.82. The first kappa shape index (κ1) is 24.6. The Balaban J connectivity index is 1.72. The zero-order valence-electron chi connectivity index (χ0n) is 19.5. The fourth-order valence-electron chi connectivity index (χ4n) is 3.02. The van der Waals surface area contributed by atoms with Crippen LogP contribution < -0.4 is 10.9 Å². The van der Waals surface area contributed by atoms with E-state index >= 15 is 0 Å². The fraction of sp³-hybridized carbons (Fsp3) is 0.292. The van der Waals surface area contributed by atoms with E-state index in [1.54, 1.807) is 33.2 Å². The lowest BCUT2D eigenvalue weighted by molar-refractivity contribution is 0.0861. The molecule has 174 valence electrons. The van der Waals surface area contributed by atoms with Gasteiger partial charge in [0.2, 0.25) is 0 Å². The molecule has 0 aliphatic heterocycles. The van der Waals surface area contributed by atoms with E-state index in [-0.39, 0.29) is 17.1 Å². The molecule has 9 heteroatoms. The third kappa shape index (κ3) is 5.87. The van der Waals surface area contributed by atoms with Crippen LogP contribution in [-0.4, -0.2) is 41.7 Å². The summed E-state index contributed by atoms with van der Waals surface area (Å²) in [7, 11) is 3.42. The van der Waals surface area contributed by atoms with Gasteiger partial charge < -0.3 is 5.11 Å². The highest BCUT2D eigenvalue weighted by molar-refractivity contribution is 7.16. The van der Waals surface area contributed by atoms with E-state index in [2.05, 4.69) is 48.9 Å². The maximum Gasteiger partial charge on any atom is 0.281 e. The van der Waals surface area contributed by atoms with Crippen LogP contribution in [-0.2, 0) is 5.41 Å². The number of hydrazine groups is 1. The summed E-state index contributed by atoms with van der Waals surface area (Å²) in [4.78, 5) is 26.0. The highest BCUT2D eigenvalue weighted by atomic mass is 32.1. The lowest BCUT2D eigenvalue weighted by Gasteiger charge is -2.19. The zero-order chi connectivity index (χ0) is 24.3. The molecular formula is C24H28N4O3S2. The number of nitrogens with zero attached hydrogens (tertiary/aromatic N) is 2. The number of hydrogen-bond acceptors (Lipinski definition) is 7. The lowest BCUT2D eigenvalue weighted by Crippen LogP contribution is -2.35. The van der Waals surface area contributed by atoms with Crippen LogP contribution in [0, 0.1) is 0 Å². The van der Waals surface area contributed by atoms with Gasteiger partial charge >= 0.3 is 0 Å². The smallest absolute Gasteiger partial charge is 0.281 e. The van der Waals surface area contributed by atoms with Gasteiger partial charge in [0, 0.05) is 19.5 Å². The van der Waals surface area contributed by atoms with E-state index in [9.17, 15) is 14.7 Å². The van der Waals surface area contributed by atoms with E-state index < -0.39 is 5.91 Å². The third-order valence-corrected chi connectivity index (χ3v) is 6.97. The molecule has 7 nitrogen and oxygen atoms in total. The first-order chi connectivity index (χ1) is 15.5. The first-order valence-corrected chi connectivity index (χ1v) is 12.0. The normalized spacial score (nSPS) is 12.2. The molecule has 3 N–H and O–H groups in total. The minimum atomic E-state index is -0.420. The van der Waals surface area contributed by atoms with Crippen molar-refractivity contribution < 1.29 is 14.7 Å². The van der Waals surface area contributed by atoms with Crippen molar-refractivity contribution in [2.24, 2.45) is 5.10 Å². The first-order valence-electron chi connectivity index (χ1n) is 10.3. The number of thiophene rings is 2. The summed E-state index contributed by atoms with van der Waals surface area (Å²) in [6.07, 6.45) is 0. The van der Waals surface area contributed by atoms with Crippen LogP contribution in [0.25, 0.3) is 10.4 Å². The van der Waals surface area contributed by atoms with Gasteiger partial charge in [0.05, 0.1) is 25.9 Å². The molecule has 0 fully saturated rings. The largest absolute Gasteiger partial charge is 0.506 e. The van der Waals surface area contributed by atoms with E-state index in [1.165, 1.54) is 21.9 Å². The summed E-state index contributed by atoms with van der Waals surface area (Å²) < 4.78 is 0. The minimum absolute atomic E-state index is 0.0577. The number of carbonyl (C=O) groups is 2. The number of nitrogens with one attached hydrogen (secondary N) is 2. The van der Waals surface area contributed by atoms with Gasteiger partial charge in [-0.3, -0.25) is 15.0 Å². The number of aromatic hydroxyl groups is 1. The van der Waals surface area contributed by atoms with Crippen molar-refractivity contribution in [1.29, 1.82) is 0 Å². The van der Waals surface area contributed by atoms with Crippen molar-refractivity contribution in [2.45, 2.75) is 33.1 Å². The molecule has 0 aliphatic carbocycles. The van der Waals surface area contributed by atoms with Gasteiger partial charge in [-0.15, -0.1) is 22.7 Å². The molecule has 0 radical (unpaired) electrons. The lowest BCUT2D eigenvalue weighted by atomic mass is 9.86. The maximum absolute atomic E-state index is 12.5. The van der Waals surface area contributed by atoms with E-state index in [0.717, 1.165) is 21.8 Å². The molecule has 0 bridgehead atoms. The summed E-state index contributed by atoms with van der Waals surface area (Å²) in [6.45, 7) is 8.20. The quantitative estimate of drug-likeness (QED) is 0.345. The second-order valence-electron chi connectivity index (χ2n) is 8.79. The Bertz CT molecular complexity index is 1190. The highest BCUT2D eigenvalue weighted by Gasteiger charge is 2.18. The Morgan fingerprint density at radius 2 is 1.61 bits per heavy atom. The van der Waals surface area contributed by atoms with Crippen molar-refractivity contribution in [3.8, 4) is 16.2 Å². The molecule has 0 saturated heterocycles. The molecule has 0 aliphatic rings. The average molecular weight is 485 g/mol. The molecule has 0 spiro atoms. The van der Waals surface area contributed by atoms with Crippen LogP contribution in [0.1, 0.15) is 58.2 Å². The molecule has 0 saturated carbocycles. The standard InChI is InChI=1S/C24H28N4O3S2/c1-14(25-26-22(30)18-11-12-19(33-18)23(31)27-28(5)6)17-13-32-21(20(17)29)15-7-9-16(10-8-15)24(2,3)4/h7-13,29H,1-6H3,(H,26,30)(H,27,31). The van der Waals surface area contributed by atoms with Gasteiger partial charge in [-0.1, -0.05) is 45.0 Å². The van der Waals surface area contributed by atoms with Crippen LogP contribution in [0.4, 0.5) is 0 Å². The predicted molar refractivity (Wildman–Crippen MR) is 135 cm³/mol. The molecule has 1 aromatic carbocycles. The van der Waals surface area contributed by atoms with Gasteiger partial charge in [0.15, 0.2) is 0 Å². The van der Waals surface area contributed by atoms with Crippen molar-refractivity contribution in [3.05, 3.63) is 62.7 Å². The Labute approximate surface area is 201 Å². The summed E-state index contributed by atoms with van der Waals surface area (Å²) in [5.41, 5.74) is 8.39. The summed E-state index contributed by atoms with van der Waals surface area (Å²) in [5, 5.41) is 18.3. The van der Waals surface area contributed by atoms with Crippen LogP contribution in [0.3, 0.4) is 0 Å². The van der Waals surface area contributed by atoms with Crippen LogP contribution >= 0.6 is 22.7 Å². The number of carbonyl (C=O) groups excluding carboxylic acids is 2. The maximum atomic E-state index is 12.5. The van der Waals surface area contributed by atoms with Gasteiger partial charge in [-0.2, -0.15) is 5.10 Å². The number of hydrogen-bond donors (Lipinski definition) is 3. The molecule has 0 unspecified atom stereocenters. The summed E-state index contributed by atoms with van der Waals surface area (Å²) in [5.74, 6) is -0.566. The van der Waals surface area contributed by atoms with E-state index in [4.69, 9.17) is 0 Å². The van der Waals surface area contributed by atoms with Crippen LogP contribution in [0.2, 0.25) is 0 Å². The number of benzene rings is 1. The Hall–Kier alpha value is -3.01. The monoisotopic (exact) mass is 484 g/mol. The van der Waals surface area contributed by atoms with E-state index in [1.807, 2.05) is 17.5 Å². The van der Waals surface area contributed by atoms with Crippen LogP contribution in [0.5, 0.6) is 5.75 Å². The number of amides is 2. The Morgan fingerprint density at radius 1 is 1.00 bits per heavy atom. The topological polar surface area (TPSA) is 94.0 Å². The Morgan fingerprint density at radius 3 is 2.18 bits per heavy atom. The van der Waals surface area contributed by atoms with Crippen molar-refractivity contribution in [2.75, 3.05) is 14.1 Å². The highest BCUT2D eigenvalue weighted by Crippen LogP contribution is 2.39. The Kier molecular flexibility index (Phi) is 7.36. The average Bonchev–Trinajstić information content (AvgIpc) is 3.38. The summed E-state index contributed by atoms with van der Waals surface area (Å²) >= 11 is 2.50. The third-order valence-electron chi connectivity index (χ3n) is 4.87. The van der Waals surface area contributed by atoms with Gasteiger partial charge in [0.1, 0.15) is 5.75 Å². The van der Waals surface area contributed by atoms with Gasteiger partial charge in [-0.05, 0) is 35.6 Å². The molecule has 2 amide bonds. The predicted octanol–water partition coefficient (Wildman–Crippen LogP) is 4.84. The summed E-state index contributed by atoms with van der Waals surface area (Å²) in [6, 6.07) is 11.3. The van der Waals surface area contributed by atoms with Gasteiger partial charge in [-0.25, -0.2) is 10.4 Å².